The number of nitrogens with zero attached hydrogens (tertiary/aromatic N) is 3. The van der Waals surface area contributed by atoms with Crippen LogP contribution >= 0.6 is 0 Å². The van der Waals surface area contributed by atoms with Crippen LogP contribution in [-0.2, 0) is 21.7 Å². The molecule has 8 nitrogen and oxygen atoms in total. The molecular formula is C20H19N3O5. The lowest BCUT2D eigenvalue weighted by Gasteiger charge is -2.29. The van der Waals surface area contributed by atoms with Gasteiger partial charge in [-0.05, 0) is 23.3 Å². The molecule has 3 N–H and O–H groups in total. The third-order valence-corrected chi connectivity index (χ3v) is 3.75. The molecule has 0 radical (unpaired) electrons. The van der Waals surface area contributed by atoms with Gasteiger partial charge in [0, 0.05) is 36.9 Å². The van der Waals surface area contributed by atoms with E-state index in [9.17, 15) is 14.7 Å². The zero-order chi connectivity index (χ0) is 20.4. The Morgan fingerprint density at radius 2 is 1.46 bits per heavy atom. The van der Waals surface area contributed by atoms with E-state index in [1.165, 1.54) is 0 Å². The number of rotatable bonds is 6. The molecule has 0 aliphatic heterocycles. The van der Waals surface area contributed by atoms with E-state index in [1.807, 2.05) is 53.2 Å². The summed E-state index contributed by atoms with van der Waals surface area (Å²) in [7, 11) is 0. The van der Waals surface area contributed by atoms with Gasteiger partial charge in [0.05, 0.1) is 12.9 Å². The van der Waals surface area contributed by atoms with E-state index in [4.69, 9.17) is 10.2 Å². The van der Waals surface area contributed by atoms with Crippen LogP contribution in [0, 0.1) is 0 Å². The summed E-state index contributed by atoms with van der Waals surface area (Å²) in [6, 6.07) is 13.3. The van der Waals surface area contributed by atoms with Crippen LogP contribution in [-0.4, -0.2) is 41.8 Å². The normalized spacial score (nSPS) is 12.6. The highest BCUT2D eigenvalue weighted by Gasteiger charge is 2.31. The largest absolute Gasteiger partial charge is 0.478 e. The van der Waals surface area contributed by atoms with Gasteiger partial charge in [-0.3, -0.25) is 4.98 Å². The summed E-state index contributed by atoms with van der Waals surface area (Å²) in [5.74, 6) is -2.51. The second-order valence-corrected chi connectivity index (χ2v) is 5.71. The van der Waals surface area contributed by atoms with Gasteiger partial charge >= 0.3 is 11.9 Å². The third kappa shape index (κ3) is 5.89. The molecule has 0 amide bonds. The number of aliphatic carboxylic acids is 2. The van der Waals surface area contributed by atoms with Crippen molar-refractivity contribution in [2.24, 2.45) is 0 Å². The molecule has 3 aromatic rings. The third-order valence-electron chi connectivity index (χ3n) is 3.75. The average Bonchev–Trinajstić information content (AvgIpc) is 3.21. The summed E-state index contributed by atoms with van der Waals surface area (Å²) in [5.41, 5.74) is 0.553. The Labute approximate surface area is 161 Å². The number of aromatic nitrogens is 3. The van der Waals surface area contributed by atoms with Gasteiger partial charge in [-0.15, -0.1) is 0 Å². The van der Waals surface area contributed by atoms with Gasteiger partial charge in [0.1, 0.15) is 5.60 Å². The van der Waals surface area contributed by atoms with Crippen molar-refractivity contribution in [2.75, 3.05) is 0 Å². The highest BCUT2D eigenvalue weighted by molar-refractivity contribution is 5.89. The second kappa shape index (κ2) is 9.79. The number of pyridine rings is 1. The van der Waals surface area contributed by atoms with Crippen molar-refractivity contribution in [3.05, 3.63) is 96.9 Å². The molecule has 2 aromatic heterocycles. The Balaban J connectivity index is 0.000000300. The van der Waals surface area contributed by atoms with Crippen LogP contribution in [0.4, 0.5) is 0 Å². The summed E-state index contributed by atoms with van der Waals surface area (Å²) < 4.78 is 1.87. The number of aliphatic hydroxyl groups is 1. The molecule has 2 heterocycles. The van der Waals surface area contributed by atoms with Crippen molar-refractivity contribution in [3.8, 4) is 0 Å². The van der Waals surface area contributed by atoms with Gasteiger partial charge in [-0.25, -0.2) is 14.6 Å². The smallest absolute Gasteiger partial charge is 0.328 e. The van der Waals surface area contributed by atoms with Gasteiger partial charge in [0.2, 0.25) is 0 Å². The fourth-order valence-electron chi connectivity index (χ4n) is 2.48. The Morgan fingerprint density at radius 1 is 0.893 bits per heavy atom. The van der Waals surface area contributed by atoms with Crippen LogP contribution in [0.1, 0.15) is 11.1 Å². The highest BCUT2D eigenvalue weighted by atomic mass is 16.4. The number of carboxylic acids is 2. The Kier molecular flexibility index (Phi) is 7.18. The zero-order valence-corrected chi connectivity index (χ0v) is 14.8. The molecule has 0 fully saturated rings. The molecule has 1 atom stereocenters. The predicted octanol–water partition coefficient (Wildman–Crippen LogP) is 1.93. The first kappa shape index (κ1) is 20.5. The van der Waals surface area contributed by atoms with E-state index in [-0.39, 0.29) is 0 Å². The predicted molar refractivity (Wildman–Crippen MR) is 100 cm³/mol. The van der Waals surface area contributed by atoms with Gasteiger partial charge in [-0.1, -0.05) is 30.3 Å². The number of hydrogen-bond acceptors (Lipinski definition) is 5. The molecule has 0 aliphatic rings. The maximum Gasteiger partial charge on any atom is 0.328 e. The Hall–Kier alpha value is -3.78. The molecule has 144 valence electrons. The van der Waals surface area contributed by atoms with Crippen molar-refractivity contribution in [1.29, 1.82) is 0 Å². The van der Waals surface area contributed by atoms with Crippen molar-refractivity contribution in [3.63, 3.8) is 0 Å². The van der Waals surface area contributed by atoms with E-state index >= 15 is 0 Å². The number of carboxylic acid groups (broad SMARTS) is 2. The maximum absolute atomic E-state index is 11.2. The summed E-state index contributed by atoms with van der Waals surface area (Å²) in [5, 5.41) is 26.9. The van der Waals surface area contributed by atoms with Crippen LogP contribution in [0.5, 0.6) is 0 Å². The first-order chi connectivity index (χ1) is 13.4. The van der Waals surface area contributed by atoms with Crippen LogP contribution in [0.2, 0.25) is 0 Å². The van der Waals surface area contributed by atoms with E-state index in [2.05, 4.69) is 9.97 Å². The van der Waals surface area contributed by atoms with E-state index < -0.39 is 17.5 Å². The molecule has 0 spiro atoms. The van der Waals surface area contributed by atoms with E-state index in [0.29, 0.717) is 18.7 Å². The Morgan fingerprint density at radius 3 is 1.96 bits per heavy atom. The molecule has 28 heavy (non-hydrogen) atoms. The van der Waals surface area contributed by atoms with Crippen LogP contribution in [0.15, 0.2) is 85.7 Å². The molecule has 8 heteroatoms. The van der Waals surface area contributed by atoms with Crippen LogP contribution in [0.25, 0.3) is 0 Å². The molecule has 0 saturated carbocycles. The molecule has 0 aliphatic carbocycles. The minimum atomic E-state index is -1.26. The second-order valence-electron chi connectivity index (χ2n) is 5.71. The topological polar surface area (TPSA) is 126 Å². The first-order valence-electron chi connectivity index (χ1n) is 8.20. The Bertz CT molecular complexity index is 854. The van der Waals surface area contributed by atoms with Gasteiger partial charge < -0.3 is 19.9 Å². The first-order valence-corrected chi connectivity index (χ1v) is 8.20. The van der Waals surface area contributed by atoms with Crippen LogP contribution in [0.3, 0.4) is 0 Å². The molecular weight excluding hydrogens is 362 g/mol. The maximum atomic E-state index is 11.2. The van der Waals surface area contributed by atoms with E-state index in [1.54, 1.807) is 24.9 Å². The number of carbonyl (C=O) groups is 2. The lowest BCUT2D eigenvalue weighted by Crippen LogP contribution is -2.32. The lowest BCUT2D eigenvalue weighted by molar-refractivity contribution is -0.134. The summed E-state index contributed by atoms with van der Waals surface area (Å²) >= 11 is 0. The molecule has 3 rings (SSSR count). The van der Waals surface area contributed by atoms with Crippen molar-refractivity contribution in [1.82, 2.24) is 14.5 Å². The SMILES string of the molecule is O=C(O)C=CC(=O)O.OC(Cn1ccnc1)(c1ccccc1)c1ccncc1. The highest BCUT2D eigenvalue weighted by Crippen LogP contribution is 2.30. The fraction of sp³-hybridized carbons (Fsp3) is 0.100. The van der Waals surface area contributed by atoms with Gasteiger partial charge in [0.15, 0.2) is 0 Å². The van der Waals surface area contributed by atoms with Gasteiger partial charge in [0.25, 0.3) is 0 Å². The molecule has 0 saturated heterocycles. The number of benzene rings is 1. The quantitative estimate of drug-likeness (QED) is 0.557. The van der Waals surface area contributed by atoms with Crippen molar-refractivity contribution in [2.45, 2.75) is 12.1 Å². The molecule has 1 unspecified atom stereocenters. The van der Waals surface area contributed by atoms with Crippen molar-refractivity contribution >= 4 is 11.9 Å². The molecule has 1 aromatic carbocycles. The lowest BCUT2D eigenvalue weighted by atomic mass is 9.87. The van der Waals surface area contributed by atoms with Crippen LogP contribution < -0.4 is 0 Å². The monoisotopic (exact) mass is 381 g/mol. The molecule has 0 bridgehead atoms. The van der Waals surface area contributed by atoms with E-state index in [0.717, 1.165) is 11.1 Å². The zero-order valence-electron chi connectivity index (χ0n) is 14.8. The van der Waals surface area contributed by atoms with Crippen molar-refractivity contribution < 1.29 is 24.9 Å². The standard InChI is InChI=1S/C16H15N3O.C4H4O4/c20-16(12-19-11-10-18-13-19,14-4-2-1-3-5-14)15-6-8-17-9-7-15;5-3(6)1-2-4(7)8/h1-11,13,20H,12H2;1-2H,(H,5,6)(H,7,8). The minimum Gasteiger partial charge on any atom is -0.478 e. The summed E-state index contributed by atoms with van der Waals surface area (Å²) in [4.78, 5) is 27.2. The number of hydrogen-bond donors (Lipinski definition) is 3. The minimum absolute atomic E-state index is 0.404. The van der Waals surface area contributed by atoms with Gasteiger partial charge in [-0.2, -0.15) is 0 Å². The number of imidazole rings is 1. The summed E-state index contributed by atoms with van der Waals surface area (Å²) in [6.45, 7) is 0.404. The summed E-state index contributed by atoms with van der Waals surface area (Å²) in [6.07, 6.45) is 9.75. The average molecular weight is 381 g/mol. The fourth-order valence-corrected chi connectivity index (χ4v) is 2.48.